The summed E-state index contributed by atoms with van der Waals surface area (Å²) in [4.78, 5) is 20.7. The van der Waals surface area contributed by atoms with Gasteiger partial charge in [-0.25, -0.2) is 19.9 Å². The number of hydrogen-bond donors (Lipinski definition) is 2. The smallest absolute Gasteiger partial charge is 0.222 e. The van der Waals surface area contributed by atoms with Gasteiger partial charge in [-0.15, -0.1) is 0 Å². The first-order valence-electron chi connectivity index (χ1n) is 10.8. The van der Waals surface area contributed by atoms with Gasteiger partial charge in [-0.2, -0.15) is 0 Å². The summed E-state index contributed by atoms with van der Waals surface area (Å²) in [6.45, 7) is 0. The number of anilines is 1. The highest BCUT2D eigenvalue weighted by Gasteiger charge is 2.40. The average molecular weight is 404 g/mol. The maximum Gasteiger partial charge on any atom is 0.222 e. The fraction of sp³-hybridized carbons (Fsp3) is 0.478. The molecule has 30 heavy (non-hydrogen) atoms. The van der Waals surface area contributed by atoms with E-state index in [0.717, 1.165) is 53.4 Å². The highest BCUT2D eigenvalue weighted by atomic mass is 15.2. The van der Waals surface area contributed by atoms with E-state index in [1.165, 1.54) is 12.8 Å². The molecule has 156 valence electrons. The number of hydrogen-bond acceptors (Lipinski definition) is 7. The Morgan fingerprint density at radius 3 is 2.37 bits per heavy atom. The Morgan fingerprint density at radius 1 is 0.967 bits per heavy atom. The molecule has 0 saturated heterocycles. The van der Waals surface area contributed by atoms with E-state index in [4.69, 9.17) is 10.7 Å². The van der Waals surface area contributed by atoms with Crippen LogP contribution in [-0.4, -0.2) is 51.0 Å². The summed E-state index contributed by atoms with van der Waals surface area (Å²) < 4.78 is 0. The van der Waals surface area contributed by atoms with Crippen molar-refractivity contribution >= 4 is 16.9 Å². The Hall–Kier alpha value is -2.64. The van der Waals surface area contributed by atoms with Gasteiger partial charge in [0.15, 0.2) is 0 Å². The maximum absolute atomic E-state index is 6.22. The van der Waals surface area contributed by atoms with Crippen molar-refractivity contribution in [3.63, 3.8) is 0 Å². The molecule has 7 heteroatoms. The summed E-state index contributed by atoms with van der Waals surface area (Å²) >= 11 is 0. The first kappa shape index (κ1) is 19.3. The molecule has 1 aromatic carbocycles. The number of aromatic nitrogens is 4. The molecular formula is C23H29N7. The summed E-state index contributed by atoms with van der Waals surface area (Å²) in [5, 5.41) is 4.44. The molecule has 0 spiro atoms. The highest BCUT2D eigenvalue weighted by molar-refractivity contribution is 5.86. The maximum atomic E-state index is 6.22. The largest absolute Gasteiger partial charge is 0.351 e. The van der Waals surface area contributed by atoms with E-state index in [9.17, 15) is 0 Å². The zero-order chi connectivity index (χ0) is 20.7. The second-order valence-electron chi connectivity index (χ2n) is 8.93. The van der Waals surface area contributed by atoms with Crippen LogP contribution in [0.2, 0.25) is 0 Å². The van der Waals surface area contributed by atoms with E-state index in [-0.39, 0.29) is 11.6 Å². The van der Waals surface area contributed by atoms with E-state index < -0.39 is 0 Å². The van der Waals surface area contributed by atoms with Gasteiger partial charge in [-0.3, -0.25) is 4.90 Å². The Morgan fingerprint density at radius 2 is 1.70 bits per heavy atom. The molecule has 7 nitrogen and oxygen atoms in total. The summed E-state index contributed by atoms with van der Waals surface area (Å²) in [5.74, 6) is 0.705. The van der Waals surface area contributed by atoms with E-state index in [0.29, 0.717) is 12.0 Å². The summed E-state index contributed by atoms with van der Waals surface area (Å²) in [7, 11) is 4.29. The predicted molar refractivity (Wildman–Crippen MR) is 119 cm³/mol. The van der Waals surface area contributed by atoms with E-state index in [2.05, 4.69) is 57.5 Å². The quantitative estimate of drug-likeness (QED) is 0.675. The molecule has 2 aromatic heterocycles. The predicted octanol–water partition coefficient (Wildman–Crippen LogP) is 3.32. The van der Waals surface area contributed by atoms with Crippen LogP contribution in [0.1, 0.15) is 44.2 Å². The van der Waals surface area contributed by atoms with Crippen LogP contribution in [0, 0.1) is 0 Å². The normalized spacial score (nSPS) is 24.3. The number of fused-ring (bicyclic) bond motifs is 1. The lowest BCUT2D eigenvalue weighted by molar-refractivity contribution is 0.0889. The molecule has 0 bridgehead atoms. The number of benzene rings is 1. The minimum Gasteiger partial charge on any atom is -0.351 e. The van der Waals surface area contributed by atoms with Crippen LogP contribution in [0.15, 0.2) is 36.9 Å². The molecule has 2 aliphatic rings. The van der Waals surface area contributed by atoms with Crippen LogP contribution in [0.3, 0.4) is 0 Å². The SMILES string of the molecule is CN(C)C1(c2ncnc3ccc(-c4cnc(NC5CC5)nc4)cc23)CCC(N)CC1. The molecule has 3 aromatic rings. The van der Waals surface area contributed by atoms with Crippen LogP contribution < -0.4 is 11.1 Å². The molecule has 0 unspecified atom stereocenters. The van der Waals surface area contributed by atoms with Gasteiger partial charge in [-0.05, 0) is 70.3 Å². The van der Waals surface area contributed by atoms with Gasteiger partial charge in [0.05, 0.1) is 16.7 Å². The molecule has 2 aliphatic carbocycles. The molecule has 0 radical (unpaired) electrons. The molecule has 0 amide bonds. The first-order valence-corrected chi connectivity index (χ1v) is 10.8. The van der Waals surface area contributed by atoms with Gasteiger partial charge in [0.2, 0.25) is 5.95 Å². The second kappa shape index (κ2) is 7.56. The lowest BCUT2D eigenvalue weighted by Crippen LogP contribution is -2.47. The first-order chi connectivity index (χ1) is 14.5. The van der Waals surface area contributed by atoms with Crippen LogP contribution in [-0.2, 0) is 5.54 Å². The van der Waals surface area contributed by atoms with Crippen LogP contribution >= 0.6 is 0 Å². The molecular weight excluding hydrogens is 374 g/mol. The van der Waals surface area contributed by atoms with E-state index >= 15 is 0 Å². The third-order valence-corrected chi connectivity index (χ3v) is 6.69. The zero-order valence-corrected chi connectivity index (χ0v) is 17.7. The van der Waals surface area contributed by atoms with Crippen LogP contribution in [0.5, 0.6) is 0 Å². The van der Waals surface area contributed by atoms with Crippen molar-refractivity contribution < 1.29 is 0 Å². The van der Waals surface area contributed by atoms with Crippen molar-refractivity contribution in [1.82, 2.24) is 24.8 Å². The lowest BCUT2D eigenvalue weighted by Gasteiger charge is -2.44. The van der Waals surface area contributed by atoms with Crippen molar-refractivity contribution in [2.75, 3.05) is 19.4 Å². The molecule has 2 fully saturated rings. The third-order valence-electron chi connectivity index (χ3n) is 6.69. The summed E-state index contributed by atoms with van der Waals surface area (Å²) in [5.41, 5.74) is 10.2. The molecule has 3 N–H and O–H groups in total. The molecule has 0 atom stereocenters. The van der Waals surface area contributed by atoms with Gasteiger partial charge in [0, 0.05) is 35.4 Å². The van der Waals surface area contributed by atoms with Crippen molar-refractivity contribution in [2.24, 2.45) is 5.73 Å². The number of nitrogens with two attached hydrogens (primary N) is 1. The van der Waals surface area contributed by atoms with Crippen molar-refractivity contribution in [3.8, 4) is 11.1 Å². The van der Waals surface area contributed by atoms with Gasteiger partial charge >= 0.3 is 0 Å². The van der Waals surface area contributed by atoms with Crippen LogP contribution in [0.25, 0.3) is 22.0 Å². The fourth-order valence-electron chi connectivity index (χ4n) is 4.58. The monoisotopic (exact) mass is 403 g/mol. The van der Waals surface area contributed by atoms with Gasteiger partial charge in [0.1, 0.15) is 6.33 Å². The van der Waals surface area contributed by atoms with Gasteiger partial charge in [-0.1, -0.05) is 6.07 Å². The Balaban J connectivity index is 1.55. The number of nitrogens with zero attached hydrogens (tertiary/aromatic N) is 5. The van der Waals surface area contributed by atoms with E-state index in [1.54, 1.807) is 6.33 Å². The standard InChI is InChI=1S/C23H29N7/c1-30(2)23(9-7-17(24)8-10-23)21-19-11-15(3-6-20(19)27-14-28-21)16-12-25-22(26-13-16)29-18-4-5-18/h3,6,11-14,17-18H,4-5,7-10,24H2,1-2H3,(H,25,26,29). The second-order valence-corrected chi connectivity index (χ2v) is 8.93. The zero-order valence-electron chi connectivity index (χ0n) is 17.7. The summed E-state index contributed by atoms with van der Waals surface area (Å²) in [6.07, 6.45) is 11.9. The van der Waals surface area contributed by atoms with Crippen molar-refractivity contribution in [2.45, 2.75) is 56.1 Å². The van der Waals surface area contributed by atoms with Gasteiger partial charge in [0.25, 0.3) is 0 Å². The molecule has 2 heterocycles. The van der Waals surface area contributed by atoms with Gasteiger partial charge < -0.3 is 11.1 Å². The third kappa shape index (κ3) is 3.52. The molecule has 0 aliphatic heterocycles. The minimum absolute atomic E-state index is 0.121. The Bertz CT molecular complexity index is 1040. The summed E-state index contributed by atoms with van der Waals surface area (Å²) in [6, 6.07) is 7.18. The molecule has 5 rings (SSSR count). The topological polar surface area (TPSA) is 92.9 Å². The van der Waals surface area contributed by atoms with E-state index in [1.807, 2.05) is 12.4 Å². The van der Waals surface area contributed by atoms with Crippen LogP contribution in [0.4, 0.5) is 5.95 Å². The fourth-order valence-corrected chi connectivity index (χ4v) is 4.58. The number of rotatable bonds is 5. The highest BCUT2D eigenvalue weighted by Crippen LogP contribution is 2.42. The molecule has 2 saturated carbocycles. The van der Waals surface area contributed by atoms with Crippen molar-refractivity contribution in [1.29, 1.82) is 0 Å². The Kier molecular flexibility index (Phi) is 4.87. The minimum atomic E-state index is -0.121. The Labute approximate surface area is 177 Å². The van der Waals surface area contributed by atoms with Crippen molar-refractivity contribution in [3.05, 3.63) is 42.6 Å². The lowest BCUT2D eigenvalue weighted by atomic mass is 9.75. The number of nitrogens with one attached hydrogen (secondary N) is 1. The average Bonchev–Trinajstić information content (AvgIpc) is 3.58.